The lowest BCUT2D eigenvalue weighted by atomic mass is 9.90. The number of aryl methyl sites for hydroxylation is 1. The molecule has 2 N–H and O–H groups in total. The second kappa shape index (κ2) is 7.56. The molecule has 2 unspecified atom stereocenters. The molecule has 2 heterocycles. The highest BCUT2D eigenvalue weighted by Gasteiger charge is 2.38. The lowest BCUT2D eigenvalue weighted by Crippen LogP contribution is -2.45. The molecule has 0 spiro atoms. The van der Waals surface area contributed by atoms with Crippen molar-refractivity contribution in [2.75, 3.05) is 24.5 Å². The quantitative estimate of drug-likeness (QED) is 0.911. The second-order valence-corrected chi connectivity index (χ2v) is 7.41. The zero-order valence-electron chi connectivity index (χ0n) is 15.3. The average Bonchev–Trinajstić information content (AvgIpc) is 3.02. The van der Waals surface area contributed by atoms with Gasteiger partial charge in [0.2, 0.25) is 11.8 Å². The molecule has 1 aromatic carbocycles. The number of benzene rings is 1. The van der Waals surface area contributed by atoms with Gasteiger partial charge in [0.1, 0.15) is 0 Å². The summed E-state index contributed by atoms with van der Waals surface area (Å²) in [4.78, 5) is 29.1. The van der Waals surface area contributed by atoms with Crippen LogP contribution in [0.4, 0.5) is 5.69 Å². The van der Waals surface area contributed by atoms with E-state index in [0.717, 1.165) is 43.6 Å². The normalized spacial score (nSPS) is 23.2. The number of nitrogens with zero attached hydrogens (tertiary/aromatic N) is 2. The van der Waals surface area contributed by atoms with Gasteiger partial charge in [0.15, 0.2) is 0 Å². The van der Waals surface area contributed by atoms with E-state index in [2.05, 4.69) is 13.0 Å². The smallest absolute Gasteiger partial charge is 0.228 e. The summed E-state index contributed by atoms with van der Waals surface area (Å²) in [6.45, 7) is 6.16. The number of anilines is 1. The highest BCUT2D eigenvalue weighted by Crippen LogP contribution is 2.30. The summed E-state index contributed by atoms with van der Waals surface area (Å²) in [6, 6.07) is 8.17. The maximum Gasteiger partial charge on any atom is 0.228 e. The summed E-state index contributed by atoms with van der Waals surface area (Å²) in [7, 11) is 0. The largest absolute Gasteiger partial charge is 0.342 e. The van der Waals surface area contributed by atoms with Crippen LogP contribution >= 0.6 is 0 Å². The first-order chi connectivity index (χ1) is 12.0. The van der Waals surface area contributed by atoms with Gasteiger partial charge in [-0.2, -0.15) is 0 Å². The van der Waals surface area contributed by atoms with Gasteiger partial charge in [0, 0.05) is 37.8 Å². The zero-order chi connectivity index (χ0) is 18.0. The van der Waals surface area contributed by atoms with Crippen LogP contribution < -0.4 is 10.6 Å². The summed E-state index contributed by atoms with van der Waals surface area (Å²) in [5.41, 5.74) is 8.10. The number of carbonyl (C=O) groups excluding carboxylic acids is 2. The molecule has 2 aliphatic rings. The predicted molar refractivity (Wildman–Crippen MR) is 99.2 cm³/mol. The van der Waals surface area contributed by atoms with E-state index in [1.807, 2.05) is 30.0 Å². The molecule has 0 bridgehead atoms. The number of likely N-dealkylation sites (tertiary alicyclic amines) is 1. The fraction of sp³-hybridized carbons (Fsp3) is 0.600. The third kappa shape index (κ3) is 3.71. The van der Waals surface area contributed by atoms with Gasteiger partial charge in [0.05, 0.1) is 5.92 Å². The van der Waals surface area contributed by atoms with E-state index < -0.39 is 0 Å². The van der Waals surface area contributed by atoms with E-state index in [9.17, 15) is 9.59 Å². The highest BCUT2D eigenvalue weighted by molar-refractivity contribution is 6.00. The van der Waals surface area contributed by atoms with Crippen LogP contribution in [0.25, 0.3) is 0 Å². The maximum absolute atomic E-state index is 12.9. The average molecular weight is 343 g/mol. The van der Waals surface area contributed by atoms with Crippen molar-refractivity contribution in [2.45, 2.75) is 45.6 Å². The number of carbonyl (C=O) groups is 2. The van der Waals surface area contributed by atoms with E-state index in [0.29, 0.717) is 18.9 Å². The molecule has 2 aliphatic heterocycles. The Morgan fingerprint density at radius 1 is 1.28 bits per heavy atom. The molecule has 3 rings (SSSR count). The van der Waals surface area contributed by atoms with Crippen molar-refractivity contribution in [3.05, 3.63) is 29.8 Å². The van der Waals surface area contributed by atoms with Crippen LogP contribution in [0.5, 0.6) is 0 Å². The molecule has 1 aromatic rings. The Hall–Kier alpha value is -1.88. The molecule has 2 atom stereocenters. The molecule has 25 heavy (non-hydrogen) atoms. The monoisotopic (exact) mass is 343 g/mol. The minimum absolute atomic E-state index is 0.0599. The maximum atomic E-state index is 12.9. The molecule has 0 radical (unpaired) electrons. The molecule has 136 valence electrons. The summed E-state index contributed by atoms with van der Waals surface area (Å²) >= 11 is 0. The minimum Gasteiger partial charge on any atom is -0.342 e. The molecule has 5 heteroatoms. The van der Waals surface area contributed by atoms with Gasteiger partial charge in [-0.05, 0) is 43.7 Å². The summed E-state index contributed by atoms with van der Waals surface area (Å²) in [5.74, 6) is 0.476. The second-order valence-electron chi connectivity index (χ2n) is 7.41. The highest BCUT2D eigenvalue weighted by atomic mass is 16.2. The Balaban J connectivity index is 1.65. The van der Waals surface area contributed by atoms with Gasteiger partial charge in [0.25, 0.3) is 0 Å². The van der Waals surface area contributed by atoms with Crippen molar-refractivity contribution < 1.29 is 9.59 Å². The predicted octanol–water partition coefficient (Wildman–Crippen LogP) is 2.19. The van der Waals surface area contributed by atoms with Gasteiger partial charge in [-0.3, -0.25) is 9.59 Å². The van der Waals surface area contributed by atoms with Crippen LogP contribution in [0.3, 0.4) is 0 Å². The number of piperidine rings is 1. The van der Waals surface area contributed by atoms with Crippen molar-refractivity contribution in [1.82, 2.24) is 4.90 Å². The van der Waals surface area contributed by atoms with Crippen LogP contribution in [-0.4, -0.2) is 42.4 Å². The first-order valence-electron chi connectivity index (χ1n) is 9.44. The molecule has 2 saturated heterocycles. The van der Waals surface area contributed by atoms with Gasteiger partial charge < -0.3 is 15.5 Å². The summed E-state index contributed by atoms with van der Waals surface area (Å²) < 4.78 is 0. The third-order valence-electron chi connectivity index (χ3n) is 5.73. The van der Waals surface area contributed by atoms with Crippen molar-refractivity contribution in [3.8, 4) is 0 Å². The Morgan fingerprint density at radius 3 is 2.60 bits per heavy atom. The Morgan fingerprint density at radius 2 is 1.96 bits per heavy atom. The molecule has 0 saturated carbocycles. The Bertz CT molecular complexity index is 636. The molecule has 0 aliphatic carbocycles. The number of hydrogen-bond donors (Lipinski definition) is 1. The van der Waals surface area contributed by atoms with Gasteiger partial charge in [-0.15, -0.1) is 0 Å². The third-order valence-corrected chi connectivity index (χ3v) is 5.73. The summed E-state index contributed by atoms with van der Waals surface area (Å²) in [5, 5.41) is 0. The van der Waals surface area contributed by atoms with E-state index in [1.165, 1.54) is 0 Å². The van der Waals surface area contributed by atoms with Crippen LogP contribution in [0.1, 0.15) is 38.7 Å². The molecule has 2 amide bonds. The summed E-state index contributed by atoms with van der Waals surface area (Å²) in [6.07, 6.45) is 3.13. The van der Waals surface area contributed by atoms with E-state index in [4.69, 9.17) is 5.73 Å². The molecule has 0 aromatic heterocycles. The van der Waals surface area contributed by atoms with Crippen LogP contribution in [-0.2, 0) is 16.0 Å². The lowest BCUT2D eigenvalue weighted by molar-refractivity contribution is -0.137. The van der Waals surface area contributed by atoms with Crippen molar-refractivity contribution in [1.29, 1.82) is 0 Å². The zero-order valence-corrected chi connectivity index (χ0v) is 15.3. The van der Waals surface area contributed by atoms with E-state index >= 15 is 0 Å². The van der Waals surface area contributed by atoms with Gasteiger partial charge >= 0.3 is 0 Å². The fourth-order valence-electron chi connectivity index (χ4n) is 4.08. The van der Waals surface area contributed by atoms with E-state index in [-0.39, 0.29) is 23.8 Å². The number of para-hydroxylation sites is 1. The Kier molecular flexibility index (Phi) is 5.42. The van der Waals surface area contributed by atoms with Crippen LogP contribution in [0.2, 0.25) is 0 Å². The molecular weight excluding hydrogens is 314 g/mol. The first kappa shape index (κ1) is 17.9. The number of nitrogens with two attached hydrogens (primary N) is 1. The number of amides is 2. The first-order valence-corrected chi connectivity index (χ1v) is 9.44. The van der Waals surface area contributed by atoms with Crippen molar-refractivity contribution in [3.63, 3.8) is 0 Å². The lowest BCUT2D eigenvalue weighted by Gasteiger charge is -2.35. The van der Waals surface area contributed by atoms with Crippen LogP contribution in [0.15, 0.2) is 24.3 Å². The fourth-order valence-corrected chi connectivity index (χ4v) is 4.08. The van der Waals surface area contributed by atoms with Crippen molar-refractivity contribution >= 4 is 17.5 Å². The molecule has 5 nitrogen and oxygen atoms in total. The topological polar surface area (TPSA) is 66.6 Å². The Labute approximate surface area is 150 Å². The van der Waals surface area contributed by atoms with Gasteiger partial charge in [-0.25, -0.2) is 0 Å². The standard InChI is InChI=1S/C20H29N3O2/c1-3-15-6-4-5-7-18(15)23-13-17(12-19(23)24)20(25)22-10-8-16(9-11-22)14(2)21/h4-7,14,16-17H,3,8-13,21H2,1-2H3. The SMILES string of the molecule is CCc1ccccc1N1CC(C(=O)N2CCC(C(C)N)CC2)CC1=O. The molecule has 2 fully saturated rings. The van der Waals surface area contributed by atoms with Crippen LogP contribution in [0, 0.1) is 11.8 Å². The van der Waals surface area contributed by atoms with Gasteiger partial charge in [-0.1, -0.05) is 25.1 Å². The minimum atomic E-state index is -0.218. The van der Waals surface area contributed by atoms with Crippen molar-refractivity contribution in [2.24, 2.45) is 17.6 Å². The van der Waals surface area contributed by atoms with E-state index in [1.54, 1.807) is 4.90 Å². The molecular formula is C20H29N3O2. The number of rotatable bonds is 4. The number of hydrogen-bond acceptors (Lipinski definition) is 3.